The number of hydrogen-bond donors (Lipinski definition) is 0. The van der Waals surface area contributed by atoms with Crippen molar-refractivity contribution in [3.05, 3.63) is 88.7 Å². The summed E-state index contributed by atoms with van der Waals surface area (Å²) in [4.78, 5) is 0. The first-order valence-corrected chi connectivity index (χ1v) is 8.93. The molecule has 0 aliphatic heterocycles. The molecule has 2 aromatic carbocycles. The molecule has 0 spiro atoms. The Labute approximate surface area is 150 Å². The highest BCUT2D eigenvalue weighted by molar-refractivity contribution is 5.79. The minimum Gasteiger partial charge on any atom is -0.461 e. The first-order valence-electron chi connectivity index (χ1n) is 8.93. The molecule has 4 rings (SSSR count). The molecule has 0 fully saturated rings. The van der Waals surface area contributed by atoms with Crippen LogP contribution in [-0.4, -0.2) is 0 Å². The molecule has 1 heteroatoms. The molecule has 0 bridgehead atoms. The van der Waals surface area contributed by atoms with Gasteiger partial charge in [-0.2, -0.15) is 0 Å². The van der Waals surface area contributed by atoms with Crippen LogP contribution in [0.4, 0.5) is 0 Å². The Morgan fingerprint density at radius 2 is 1.68 bits per heavy atom. The summed E-state index contributed by atoms with van der Waals surface area (Å²) in [5.74, 6) is 0.977. The van der Waals surface area contributed by atoms with Crippen molar-refractivity contribution in [2.75, 3.05) is 0 Å². The van der Waals surface area contributed by atoms with Gasteiger partial charge in [-0.25, -0.2) is 0 Å². The summed E-state index contributed by atoms with van der Waals surface area (Å²) in [6.07, 6.45) is 6.94. The smallest absolute Gasteiger partial charge is 0.134 e. The van der Waals surface area contributed by atoms with Crippen LogP contribution in [0.25, 0.3) is 16.5 Å². The Balaban J connectivity index is 0.000000150. The number of furan rings is 1. The third kappa shape index (κ3) is 4.11. The van der Waals surface area contributed by atoms with Gasteiger partial charge in [0.1, 0.15) is 11.3 Å². The molecule has 0 saturated heterocycles. The molecular formula is C24H26O. The van der Waals surface area contributed by atoms with Crippen LogP contribution in [-0.2, 0) is 0 Å². The molecule has 1 aliphatic carbocycles. The lowest BCUT2D eigenvalue weighted by Gasteiger charge is -2.14. The van der Waals surface area contributed by atoms with Crippen LogP contribution in [0.3, 0.4) is 0 Å². The SMILES string of the molecule is CC1=C(c2ccccc2C)C=CCC1.Cc1ccc2cc(C)oc2c1. The molecule has 0 amide bonds. The van der Waals surface area contributed by atoms with Crippen molar-refractivity contribution >= 4 is 16.5 Å². The second-order valence-corrected chi connectivity index (χ2v) is 6.85. The number of rotatable bonds is 1. The van der Waals surface area contributed by atoms with E-state index in [0.717, 1.165) is 11.3 Å². The van der Waals surface area contributed by atoms with Gasteiger partial charge in [0.15, 0.2) is 0 Å². The Kier molecular flexibility index (Phi) is 5.23. The highest BCUT2D eigenvalue weighted by atomic mass is 16.3. The minimum absolute atomic E-state index is 0.977. The van der Waals surface area contributed by atoms with Crippen LogP contribution >= 0.6 is 0 Å². The lowest BCUT2D eigenvalue weighted by molar-refractivity contribution is 0.578. The van der Waals surface area contributed by atoms with Gasteiger partial charge in [-0.1, -0.05) is 54.1 Å². The molecule has 0 saturated carbocycles. The van der Waals surface area contributed by atoms with Crippen LogP contribution in [0.1, 0.15) is 42.2 Å². The second kappa shape index (κ2) is 7.57. The lowest BCUT2D eigenvalue weighted by atomic mass is 9.91. The molecule has 128 valence electrons. The maximum atomic E-state index is 5.45. The minimum atomic E-state index is 0.977. The number of aryl methyl sites for hydroxylation is 3. The van der Waals surface area contributed by atoms with Crippen molar-refractivity contribution in [1.29, 1.82) is 0 Å². The fourth-order valence-corrected chi connectivity index (χ4v) is 3.24. The molecule has 25 heavy (non-hydrogen) atoms. The van der Waals surface area contributed by atoms with Crippen LogP contribution in [0.15, 0.2) is 70.7 Å². The number of fused-ring (bicyclic) bond motifs is 1. The van der Waals surface area contributed by atoms with E-state index in [0.29, 0.717) is 0 Å². The van der Waals surface area contributed by atoms with Crippen LogP contribution in [0, 0.1) is 20.8 Å². The maximum Gasteiger partial charge on any atom is 0.134 e. The van der Waals surface area contributed by atoms with Gasteiger partial charge in [-0.3, -0.25) is 0 Å². The summed E-state index contributed by atoms with van der Waals surface area (Å²) in [6.45, 7) is 8.45. The van der Waals surface area contributed by atoms with Crippen LogP contribution in [0.2, 0.25) is 0 Å². The number of benzene rings is 2. The van der Waals surface area contributed by atoms with E-state index in [1.807, 2.05) is 6.92 Å². The van der Waals surface area contributed by atoms with Gasteiger partial charge >= 0.3 is 0 Å². The number of hydrogen-bond acceptors (Lipinski definition) is 1. The molecule has 1 nitrogen and oxygen atoms in total. The van der Waals surface area contributed by atoms with Gasteiger partial charge in [0.05, 0.1) is 0 Å². The Morgan fingerprint density at radius 1 is 0.880 bits per heavy atom. The molecule has 0 radical (unpaired) electrons. The monoisotopic (exact) mass is 330 g/mol. The van der Waals surface area contributed by atoms with Crippen molar-refractivity contribution in [3.63, 3.8) is 0 Å². The average Bonchev–Trinajstić information content (AvgIpc) is 2.96. The fraction of sp³-hybridized carbons (Fsp3) is 0.250. The van der Waals surface area contributed by atoms with Gasteiger partial charge in [0.25, 0.3) is 0 Å². The summed E-state index contributed by atoms with van der Waals surface area (Å²) < 4.78 is 5.45. The van der Waals surface area contributed by atoms with E-state index in [1.54, 1.807) is 0 Å². The summed E-state index contributed by atoms with van der Waals surface area (Å²) in [5.41, 5.74) is 7.93. The largest absolute Gasteiger partial charge is 0.461 e. The second-order valence-electron chi connectivity index (χ2n) is 6.85. The predicted octanol–water partition coefficient (Wildman–Crippen LogP) is 7.17. The highest BCUT2D eigenvalue weighted by Crippen LogP contribution is 2.28. The van der Waals surface area contributed by atoms with Crippen molar-refractivity contribution in [2.24, 2.45) is 0 Å². The van der Waals surface area contributed by atoms with Crippen molar-refractivity contribution in [3.8, 4) is 0 Å². The molecule has 3 aromatic rings. The third-order valence-electron chi connectivity index (χ3n) is 4.66. The summed E-state index contributed by atoms with van der Waals surface area (Å²) >= 11 is 0. The summed E-state index contributed by atoms with van der Waals surface area (Å²) in [6, 6.07) is 16.9. The zero-order valence-electron chi connectivity index (χ0n) is 15.6. The van der Waals surface area contributed by atoms with E-state index in [4.69, 9.17) is 4.42 Å². The molecule has 1 aromatic heterocycles. The van der Waals surface area contributed by atoms with E-state index in [-0.39, 0.29) is 0 Å². The Bertz CT molecular complexity index is 938. The van der Waals surface area contributed by atoms with Crippen LogP contribution < -0.4 is 0 Å². The zero-order chi connectivity index (χ0) is 17.8. The molecule has 1 heterocycles. The van der Waals surface area contributed by atoms with Crippen molar-refractivity contribution in [2.45, 2.75) is 40.5 Å². The first kappa shape index (κ1) is 17.3. The van der Waals surface area contributed by atoms with Crippen molar-refractivity contribution < 1.29 is 4.42 Å². The number of allylic oxidation sites excluding steroid dienone is 4. The average molecular weight is 330 g/mol. The van der Waals surface area contributed by atoms with Gasteiger partial charge < -0.3 is 4.42 Å². The van der Waals surface area contributed by atoms with Crippen molar-refractivity contribution in [1.82, 2.24) is 0 Å². The van der Waals surface area contributed by atoms with Gasteiger partial charge in [0, 0.05) is 5.39 Å². The highest BCUT2D eigenvalue weighted by Gasteiger charge is 2.07. The lowest BCUT2D eigenvalue weighted by Crippen LogP contribution is -1.93. The van der Waals surface area contributed by atoms with E-state index in [9.17, 15) is 0 Å². The predicted molar refractivity (Wildman–Crippen MR) is 108 cm³/mol. The topological polar surface area (TPSA) is 13.1 Å². The molecule has 0 atom stereocenters. The standard InChI is InChI=1S/C14H16.C10H10O/c1-11-7-3-5-9-13(11)14-10-6-4-8-12(14)2;1-7-3-4-9-6-8(2)11-10(9)5-7/h3,5-7,9-10H,4,8H2,1-2H3;3-6H,1-2H3. The Hall–Kier alpha value is -2.54. The first-order chi connectivity index (χ1) is 12.0. The van der Waals surface area contributed by atoms with E-state index in [2.05, 4.69) is 81.5 Å². The molecule has 1 aliphatic rings. The van der Waals surface area contributed by atoms with Gasteiger partial charge in [-0.15, -0.1) is 0 Å². The van der Waals surface area contributed by atoms with E-state index < -0.39 is 0 Å². The molecule has 0 unspecified atom stereocenters. The fourth-order valence-electron chi connectivity index (χ4n) is 3.24. The zero-order valence-corrected chi connectivity index (χ0v) is 15.6. The Morgan fingerprint density at radius 3 is 2.44 bits per heavy atom. The van der Waals surface area contributed by atoms with Crippen LogP contribution in [0.5, 0.6) is 0 Å². The molecular weight excluding hydrogens is 304 g/mol. The summed E-state index contributed by atoms with van der Waals surface area (Å²) in [7, 11) is 0. The maximum absolute atomic E-state index is 5.45. The quantitative estimate of drug-likeness (QED) is 0.461. The van der Waals surface area contributed by atoms with Gasteiger partial charge in [-0.05, 0) is 74.9 Å². The molecule has 0 N–H and O–H groups in total. The van der Waals surface area contributed by atoms with E-state index >= 15 is 0 Å². The van der Waals surface area contributed by atoms with E-state index in [1.165, 1.54) is 46.1 Å². The van der Waals surface area contributed by atoms with Gasteiger partial charge in [0.2, 0.25) is 0 Å². The normalized spacial score (nSPS) is 13.8. The summed E-state index contributed by atoms with van der Waals surface area (Å²) in [5, 5.41) is 1.19. The third-order valence-corrected chi connectivity index (χ3v) is 4.66.